The summed E-state index contributed by atoms with van der Waals surface area (Å²) in [5.74, 6) is 1.89. The van der Waals surface area contributed by atoms with E-state index in [2.05, 4.69) is 25.1 Å². The van der Waals surface area contributed by atoms with Crippen LogP contribution < -0.4 is 5.73 Å². The molecule has 1 atom stereocenters. The Balaban J connectivity index is 1.64. The van der Waals surface area contributed by atoms with Gasteiger partial charge in [-0.3, -0.25) is 0 Å². The minimum absolute atomic E-state index is 0.00892. The predicted octanol–water partition coefficient (Wildman–Crippen LogP) is 4.81. The lowest BCUT2D eigenvalue weighted by Crippen LogP contribution is -2.16. The van der Waals surface area contributed by atoms with Gasteiger partial charge in [0.05, 0.1) is 6.04 Å². The summed E-state index contributed by atoms with van der Waals surface area (Å²) in [5, 5.41) is 1.97. The molecule has 2 aromatic rings. The highest BCUT2D eigenvalue weighted by molar-refractivity contribution is 7.99. The van der Waals surface area contributed by atoms with Crippen LogP contribution in [0.3, 0.4) is 0 Å². The van der Waals surface area contributed by atoms with Crippen LogP contribution in [0, 0.1) is 6.92 Å². The molecule has 0 saturated heterocycles. The van der Waals surface area contributed by atoms with Crippen molar-refractivity contribution in [2.24, 2.45) is 5.73 Å². The van der Waals surface area contributed by atoms with Crippen molar-refractivity contribution in [1.82, 2.24) is 0 Å². The third kappa shape index (κ3) is 3.21. The highest BCUT2D eigenvalue weighted by atomic mass is 32.2. The Morgan fingerprint density at radius 1 is 1.25 bits per heavy atom. The molecule has 0 spiro atoms. The minimum atomic E-state index is 0.00892. The fourth-order valence-corrected chi connectivity index (χ4v) is 4.23. The van der Waals surface area contributed by atoms with E-state index < -0.39 is 0 Å². The Kier molecular flexibility index (Phi) is 4.37. The second-order valence-corrected chi connectivity index (χ2v) is 7.22. The monoisotopic (exact) mass is 289 g/mol. The molecule has 1 saturated carbocycles. The zero-order valence-electron chi connectivity index (χ0n) is 12.1. The molecule has 3 rings (SSSR count). The normalized spacial score (nSPS) is 18.5. The molecule has 0 aliphatic heterocycles. The molecule has 1 fully saturated rings. The first-order chi connectivity index (χ1) is 9.72. The van der Waals surface area contributed by atoms with Crippen LogP contribution in [0.2, 0.25) is 0 Å². The van der Waals surface area contributed by atoms with E-state index in [4.69, 9.17) is 10.2 Å². The Morgan fingerprint density at radius 3 is 2.85 bits per heavy atom. The largest absolute Gasteiger partial charge is 0.459 e. The second kappa shape index (κ2) is 6.23. The number of benzene rings is 1. The molecule has 1 aromatic heterocycles. The van der Waals surface area contributed by atoms with Gasteiger partial charge in [0.25, 0.3) is 0 Å². The summed E-state index contributed by atoms with van der Waals surface area (Å²) in [7, 11) is 0. The van der Waals surface area contributed by atoms with E-state index in [9.17, 15) is 0 Å². The molecule has 1 aliphatic rings. The third-order valence-corrected chi connectivity index (χ3v) is 5.61. The van der Waals surface area contributed by atoms with Crippen molar-refractivity contribution < 1.29 is 4.42 Å². The molecule has 2 nitrogen and oxygen atoms in total. The zero-order valence-corrected chi connectivity index (χ0v) is 12.9. The van der Waals surface area contributed by atoms with E-state index in [0.717, 1.165) is 27.7 Å². The van der Waals surface area contributed by atoms with E-state index in [1.54, 1.807) is 0 Å². The van der Waals surface area contributed by atoms with Crippen molar-refractivity contribution in [3.63, 3.8) is 0 Å². The summed E-state index contributed by atoms with van der Waals surface area (Å²) in [5.41, 5.74) is 8.51. The smallest absolute Gasteiger partial charge is 0.134 e. The average Bonchev–Trinajstić information content (AvgIpc) is 2.89. The summed E-state index contributed by atoms with van der Waals surface area (Å²) in [6, 6.07) is 8.39. The van der Waals surface area contributed by atoms with E-state index >= 15 is 0 Å². The van der Waals surface area contributed by atoms with E-state index in [1.807, 2.05) is 17.8 Å². The first-order valence-corrected chi connectivity index (χ1v) is 8.64. The topological polar surface area (TPSA) is 39.2 Å². The molecule has 1 heterocycles. The first kappa shape index (κ1) is 14.0. The van der Waals surface area contributed by atoms with Crippen molar-refractivity contribution >= 4 is 22.7 Å². The molecule has 20 heavy (non-hydrogen) atoms. The highest BCUT2D eigenvalue weighted by Crippen LogP contribution is 2.31. The van der Waals surface area contributed by atoms with Crippen molar-refractivity contribution in [1.29, 1.82) is 0 Å². The van der Waals surface area contributed by atoms with Crippen LogP contribution in [0.25, 0.3) is 11.0 Å². The molecule has 1 aliphatic carbocycles. The van der Waals surface area contributed by atoms with E-state index in [-0.39, 0.29) is 6.04 Å². The van der Waals surface area contributed by atoms with Gasteiger partial charge in [-0.15, -0.1) is 0 Å². The fourth-order valence-electron chi connectivity index (χ4n) is 2.92. The lowest BCUT2D eigenvalue weighted by atomic mass is 10.0. The van der Waals surface area contributed by atoms with Gasteiger partial charge in [-0.1, -0.05) is 30.9 Å². The van der Waals surface area contributed by atoms with Gasteiger partial charge in [0.15, 0.2) is 0 Å². The van der Waals surface area contributed by atoms with Gasteiger partial charge >= 0.3 is 0 Å². The van der Waals surface area contributed by atoms with Crippen LogP contribution in [-0.4, -0.2) is 11.0 Å². The predicted molar refractivity (Wildman–Crippen MR) is 87.2 cm³/mol. The van der Waals surface area contributed by atoms with Crippen LogP contribution in [0.5, 0.6) is 0 Å². The van der Waals surface area contributed by atoms with Crippen LogP contribution in [0.4, 0.5) is 0 Å². The molecule has 1 aromatic carbocycles. The maximum absolute atomic E-state index is 6.30. The number of hydrogen-bond donors (Lipinski definition) is 1. The van der Waals surface area contributed by atoms with Crippen molar-refractivity contribution in [2.75, 3.05) is 5.75 Å². The molecule has 2 N–H and O–H groups in total. The molecule has 108 valence electrons. The van der Waals surface area contributed by atoms with E-state index in [1.165, 1.54) is 37.7 Å². The summed E-state index contributed by atoms with van der Waals surface area (Å²) in [6.07, 6.45) is 6.90. The molecule has 0 radical (unpaired) electrons. The van der Waals surface area contributed by atoms with E-state index in [0.29, 0.717) is 0 Å². The van der Waals surface area contributed by atoms with Gasteiger partial charge in [0.1, 0.15) is 11.3 Å². The lowest BCUT2D eigenvalue weighted by molar-refractivity contribution is 0.507. The Morgan fingerprint density at radius 2 is 2.05 bits per heavy atom. The van der Waals surface area contributed by atoms with Gasteiger partial charge in [0, 0.05) is 16.4 Å². The number of nitrogens with two attached hydrogens (primary N) is 1. The second-order valence-electron chi connectivity index (χ2n) is 5.89. The number of fused-ring (bicyclic) bond motifs is 1. The summed E-state index contributed by atoms with van der Waals surface area (Å²) >= 11 is 2.03. The fraction of sp³-hybridized carbons (Fsp3) is 0.529. The van der Waals surface area contributed by atoms with Gasteiger partial charge < -0.3 is 10.2 Å². The summed E-state index contributed by atoms with van der Waals surface area (Å²) < 4.78 is 5.89. The third-order valence-electron chi connectivity index (χ3n) is 4.12. The molecular formula is C17H23NOS. The molecule has 1 unspecified atom stereocenters. The number of rotatable bonds is 4. The molecule has 0 bridgehead atoms. The van der Waals surface area contributed by atoms with Crippen LogP contribution in [-0.2, 0) is 0 Å². The number of hydrogen-bond acceptors (Lipinski definition) is 3. The molecule has 0 amide bonds. The van der Waals surface area contributed by atoms with Crippen LogP contribution in [0.15, 0.2) is 28.7 Å². The van der Waals surface area contributed by atoms with Gasteiger partial charge in [-0.25, -0.2) is 0 Å². The van der Waals surface area contributed by atoms with Crippen molar-refractivity contribution in [2.45, 2.75) is 50.3 Å². The zero-order chi connectivity index (χ0) is 13.9. The first-order valence-electron chi connectivity index (χ1n) is 7.59. The molecule has 3 heteroatoms. The SMILES string of the molecule is Cc1ccc2oc(C(N)CSC3CCCCC3)cc2c1. The standard InChI is InChI=1S/C17H23NOS/c1-12-7-8-16-13(9-12)10-17(19-16)15(18)11-20-14-5-3-2-4-6-14/h7-10,14-15H,2-6,11,18H2,1H3. The van der Waals surface area contributed by atoms with Crippen molar-refractivity contribution in [3.8, 4) is 0 Å². The Bertz CT molecular complexity index is 571. The maximum atomic E-state index is 6.30. The minimum Gasteiger partial charge on any atom is -0.459 e. The van der Waals surface area contributed by atoms with Crippen molar-refractivity contribution in [3.05, 3.63) is 35.6 Å². The van der Waals surface area contributed by atoms with Crippen LogP contribution in [0.1, 0.15) is 49.5 Å². The summed E-state index contributed by atoms with van der Waals surface area (Å²) in [4.78, 5) is 0. The van der Waals surface area contributed by atoms with Crippen LogP contribution >= 0.6 is 11.8 Å². The van der Waals surface area contributed by atoms with Gasteiger partial charge in [0.2, 0.25) is 0 Å². The quantitative estimate of drug-likeness (QED) is 0.878. The average molecular weight is 289 g/mol. The lowest BCUT2D eigenvalue weighted by Gasteiger charge is -2.22. The highest BCUT2D eigenvalue weighted by Gasteiger charge is 2.17. The Hall–Kier alpha value is -0.930. The summed E-state index contributed by atoms with van der Waals surface area (Å²) in [6.45, 7) is 2.10. The van der Waals surface area contributed by atoms with Gasteiger partial charge in [-0.05, 0) is 38.0 Å². The molecular weight excluding hydrogens is 266 g/mol. The number of furan rings is 1. The maximum Gasteiger partial charge on any atom is 0.134 e. The number of thioether (sulfide) groups is 1. The Labute approximate surface area is 125 Å². The van der Waals surface area contributed by atoms with Gasteiger partial charge in [-0.2, -0.15) is 11.8 Å². The number of aryl methyl sites for hydroxylation is 1.